The minimum atomic E-state index is 0.154. The van der Waals surface area contributed by atoms with Crippen LogP contribution in [0.5, 0.6) is 0 Å². The fourth-order valence-corrected chi connectivity index (χ4v) is 1.08. The average Bonchev–Trinajstić information content (AvgIpc) is 2.02. The number of nitrogens with zero attached hydrogens (tertiary/aromatic N) is 1. The van der Waals surface area contributed by atoms with E-state index in [2.05, 4.69) is 25.7 Å². The van der Waals surface area contributed by atoms with Gasteiger partial charge in [0, 0.05) is 12.0 Å². The van der Waals surface area contributed by atoms with Crippen LogP contribution in [0.4, 0.5) is 0 Å². The number of Topliss-reactive ketones (excluding diaryl/α,β-unsaturated/α-hetero) is 1. The van der Waals surface area contributed by atoms with Crippen LogP contribution in [0, 0.1) is 11.8 Å². The van der Waals surface area contributed by atoms with Crippen LogP contribution in [-0.4, -0.2) is 30.3 Å². The zero-order valence-corrected chi connectivity index (χ0v) is 9.79. The topological polar surface area (TPSA) is 20.3 Å². The third-order valence-electron chi connectivity index (χ3n) is 2.71. The molecule has 0 radical (unpaired) electrons. The van der Waals surface area contributed by atoms with E-state index in [-0.39, 0.29) is 5.92 Å². The van der Waals surface area contributed by atoms with Crippen molar-refractivity contribution in [2.75, 3.05) is 13.6 Å². The molecule has 78 valence electrons. The average molecular weight is 185 g/mol. The summed E-state index contributed by atoms with van der Waals surface area (Å²) in [4.78, 5) is 13.6. The predicted octanol–water partition coefficient (Wildman–Crippen LogP) is 2.19. The van der Waals surface area contributed by atoms with Gasteiger partial charge >= 0.3 is 0 Å². The first kappa shape index (κ1) is 12.6. The maximum atomic E-state index is 11.4. The van der Waals surface area contributed by atoms with Crippen molar-refractivity contribution in [1.29, 1.82) is 0 Å². The highest BCUT2D eigenvalue weighted by Gasteiger charge is 2.17. The molecule has 0 rings (SSSR count). The summed E-state index contributed by atoms with van der Waals surface area (Å²) in [7, 11) is 2.02. The van der Waals surface area contributed by atoms with Crippen molar-refractivity contribution in [1.82, 2.24) is 4.90 Å². The number of carbonyl (C=O) groups is 1. The third-order valence-corrected chi connectivity index (χ3v) is 2.71. The standard InChI is InChI=1S/C11H23NO/c1-8(2)10(5)12(6)7-11(13)9(3)4/h8-10H,7H2,1-6H3/t10-/m1/s1. The van der Waals surface area contributed by atoms with Crippen LogP contribution < -0.4 is 0 Å². The molecule has 0 bridgehead atoms. The summed E-state index contributed by atoms with van der Waals surface area (Å²) >= 11 is 0. The number of hydrogen-bond acceptors (Lipinski definition) is 2. The zero-order valence-electron chi connectivity index (χ0n) is 9.79. The Morgan fingerprint density at radius 1 is 1.15 bits per heavy atom. The third kappa shape index (κ3) is 4.41. The number of hydrogen-bond donors (Lipinski definition) is 0. The number of ketones is 1. The van der Waals surface area contributed by atoms with Gasteiger partial charge in [0.25, 0.3) is 0 Å². The van der Waals surface area contributed by atoms with Crippen LogP contribution in [-0.2, 0) is 4.79 Å². The fraction of sp³-hybridized carbons (Fsp3) is 0.909. The van der Waals surface area contributed by atoms with Gasteiger partial charge in [0.1, 0.15) is 5.78 Å². The lowest BCUT2D eigenvalue weighted by molar-refractivity contribution is -0.123. The van der Waals surface area contributed by atoms with Crippen molar-refractivity contribution in [2.24, 2.45) is 11.8 Å². The summed E-state index contributed by atoms with van der Waals surface area (Å²) in [5.41, 5.74) is 0. The Morgan fingerprint density at radius 3 is 1.92 bits per heavy atom. The highest BCUT2D eigenvalue weighted by atomic mass is 16.1. The van der Waals surface area contributed by atoms with Crippen molar-refractivity contribution in [3.05, 3.63) is 0 Å². The number of carbonyl (C=O) groups excluding carboxylic acids is 1. The van der Waals surface area contributed by atoms with E-state index >= 15 is 0 Å². The Hall–Kier alpha value is -0.370. The summed E-state index contributed by atoms with van der Waals surface area (Å²) in [6.45, 7) is 11.0. The SMILES string of the molecule is CC(C)C(=O)CN(C)[C@H](C)C(C)C. The van der Waals surface area contributed by atoms with E-state index in [4.69, 9.17) is 0 Å². The largest absolute Gasteiger partial charge is 0.298 e. The summed E-state index contributed by atoms with van der Waals surface area (Å²) < 4.78 is 0. The molecule has 0 aliphatic carbocycles. The zero-order chi connectivity index (χ0) is 10.6. The number of rotatable bonds is 5. The minimum Gasteiger partial charge on any atom is -0.298 e. The van der Waals surface area contributed by atoms with E-state index in [1.807, 2.05) is 20.9 Å². The quantitative estimate of drug-likeness (QED) is 0.654. The van der Waals surface area contributed by atoms with Crippen LogP contribution in [0.1, 0.15) is 34.6 Å². The van der Waals surface area contributed by atoms with Crippen molar-refractivity contribution in [2.45, 2.75) is 40.7 Å². The van der Waals surface area contributed by atoms with Crippen LogP contribution in [0.25, 0.3) is 0 Å². The molecule has 0 aromatic rings. The highest BCUT2D eigenvalue weighted by molar-refractivity contribution is 5.82. The van der Waals surface area contributed by atoms with E-state index in [1.165, 1.54) is 0 Å². The molecule has 0 spiro atoms. The van der Waals surface area contributed by atoms with Gasteiger partial charge in [-0.05, 0) is 19.9 Å². The summed E-state index contributed by atoms with van der Waals surface area (Å²) in [5, 5.41) is 0. The molecular weight excluding hydrogens is 162 g/mol. The van der Waals surface area contributed by atoms with Gasteiger partial charge in [-0.2, -0.15) is 0 Å². The van der Waals surface area contributed by atoms with Crippen molar-refractivity contribution in [3.8, 4) is 0 Å². The van der Waals surface area contributed by atoms with E-state index in [9.17, 15) is 4.79 Å². The molecule has 0 aromatic carbocycles. The van der Waals surface area contributed by atoms with E-state index in [0.29, 0.717) is 24.3 Å². The first-order valence-corrected chi connectivity index (χ1v) is 5.09. The normalized spacial score (nSPS) is 14.2. The van der Waals surface area contributed by atoms with Crippen molar-refractivity contribution < 1.29 is 4.79 Å². The Balaban J connectivity index is 4.00. The smallest absolute Gasteiger partial charge is 0.149 e. The molecule has 0 saturated carbocycles. The molecule has 2 heteroatoms. The molecule has 0 N–H and O–H groups in total. The van der Waals surface area contributed by atoms with Gasteiger partial charge in [-0.15, -0.1) is 0 Å². The Morgan fingerprint density at radius 2 is 1.62 bits per heavy atom. The summed E-state index contributed by atoms with van der Waals surface area (Å²) in [6.07, 6.45) is 0. The molecule has 0 aliphatic rings. The van der Waals surface area contributed by atoms with Gasteiger partial charge in [0.15, 0.2) is 0 Å². The van der Waals surface area contributed by atoms with E-state index < -0.39 is 0 Å². The van der Waals surface area contributed by atoms with Gasteiger partial charge in [-0.1, -0.05) is 27.7 Å². The fourth-order valence-electron chi connectivity index (χ4n) is 1.08. The van der Waals surface area contributed by atoms with E-state index in [0.717, 1.165) is 0 Å². The maximum absolute atomic E-state index is 11.4. The molecule has 0 aliphatic heterocycles. The van der Waals surface area contributed by atoms with Gasteiger partial charge in [0.2, 0.25) is 0 Å². The lowest BCUT2D eigenvalue weighted by atomic mass is 10.0. The lowest BCUT2D eigenvalue weighted by Crippen LogP contribution is -2.38. The first-order chi connectivity index (χ1) is 5.86. The monoisotopic (exact) mass is 185 g/mol. The van der Waals surface area contributed by atoms with E-state index in [1.54, 1.807) is 0 Å². The van der Waals surface area contributed by atoms with Gasteiger partial charge < -0.3 is 0 Å². The minimum absolute atomic E-state index is 0.154. The first-order valence-electron chi connectivity index (χ1n) is 5.09. The van der Waals surface area contributed by atoms with Crippen LogP contribution in [0.3, 0.4) is 0 Å². The molecule has 0 amide bonds. The molecule has 0 heterocycles. The van der Waals surface area contributed by atoms with Gasteiger partial charge in [0.05, 0.1) is 6.54 Å². The maximum Gasteiger partial charge on any atom is 0.149 e. The summed E-state index contributed by atoms with van der Waals surface area (Å²) in [5.74, 6) is 1.08. The second kappa shape index (κ2) is 5.38. The molecule has 0 aromatic heterocycles. The predicted molar refractivity (Wildman–Crippen MR) is 56.8 cm³/mol. The van der Waals surface area contributed by atoms with Crippen molar-refractivity contribution >= 4 is 5.78 Å². The highest BCUT2D eigenvalue weighted by Crippen LogP contribution is 2.08. The molecular formula is C11H23NO. The Labute approximate surface area is 82.3 Å². The van der Waals surface area contributed by atoms with Gasteiger partial charge in [-0.3, -0.25) is 9.69 Å². The molecule has 2 nitrogen and oxygen atoms in total. The molecule has 0 fully saturated rings. The second-order valence-corrected chi connectivity index (χ2v) is 4.52. The van der Waals surface area contributed by atoms with Gasteiger partial charge in [-0.25, -0.2) is 0 Å². The van der Waals surface area contributed by atoms with Crippen LogP contribution >= 0.6 is 0 Å². The molecule has 0 unspecified atom stereocenters. The molecule has 0 saturated heterocycles. The van der Waals surface area contributed by atoms with Crippen LogP contribution in [0.2, 0.25) is 0 Å². The Bertz CT molecular complexity index is 163. The number of likely N-dealkylation sites (N-methyl/N-ethyl adjacent to an activating group) is 1. The van der Waals surface area contributed by atoms with Crippen molar-refractivity contribution in [3.63, 3.8) is 0 Å². The second-order valence-electron chi connectivity index (χ2n) is 4.52. The lowest BCUT2D eigenvalue weighted by Gasteiger charge is -2.27. The Kier molecular flexibility index (Phi) is 5.23. The molecule has 1 atom stereocenters. The summed E-state index contributed by atoms with van der Waals surface area (Å²) in [6, 6.07) is 0.475. The van der Waals surface area contributed by atoms with Crippen LogP contribution in [0.15, 0.2) is 0 Å². The molecule has 13 heavy (non-hydrogen) atoms.